The van der Waals surface area contributed by atoms with Crippen molar-refractivity contribution >= 4 is 34.9 Å². The van der Waals surface area contributed by atoms with E-state index in [2.05, 4.69) is 16.0 Å². The topological polar surface area (TPSA) is 111 Å². The number of urea groups is 1. The molecule has 10 heteroatoms. The summed E-state index contributed by atoms with van der Waals surface area (Å²) in [6.07, 6.45) is 0. The van der Waals surface area contributed by atoms with Crippen LogP contribution in [0.4, 0.5) is 30.6 Å². The van der Waals surface area contributed by atoms with E-state index in [-0.39, 0.29) is 22.8 Å². The summed E-state index contributed by atoms with van der Waals surface area (Å²) in [7, 11) is 0. The second kappa shape index (κ2) is 8.95. The van der Waals surface area contributed by atoms with Crippen molar-refractivity contribution in [2.45, 2.75) is 0 Å². The predicted octanol–water partition coefficient (Wildman–Crippen LogP) is 3.70. The first kappa shape index (κ1) is 21.8. The van der Waals surface area contributed by atoms with Crippen molar-refractivity contribution in [3.05, 3.63) is 83.4 Å². The van der Waals surface area contributed by atoms with E-state index >= 15 is 0 Å². The van der Waals surface area contributed by atoms with Crippen molar-refractivity contribution in [2.75, 3.05) is 28.6 Å². The molecule has 1 fully saturated rings. The van der Waals surface area contributed by atoms with Crippen molar-refractivity contribution in [1.29, 1.82) is 0 Å². The van der Waals surface area contributed by atoms with Gasteiger partial charge in [-0.3, -0.25) is 14.5 Å². The lowest BCUT2D eigenvalue weighted by Crippen LogP contribution is -2.27. The van der Waals surface area contributed by atoms with Crippen LogP contribution in [0.1, 0.15) is 20.7 Å². The minimum Gasteiger partial charge on any atom is -0.507 e. The third-order valence-electron chi connectivity index (χ3n) is 4.92. The zero-order chi connectivity index (χ0) is 23.5. The molecule has 0 radical (unpaired) electrons. The van der Waals surface area contributed by atoms with Crippen LogP contribution in [0.5, 0.6) is 5.75 Å². The van der Waals surface area contributed by atoms with E-state index in [4.69, 9.17) is 0 Å². The van der Waals surface area contributed by atoms with E-state index < -0.39 is 29.2 Å². The quantitative estimate of drug-likeness (QED) is 0.473. The maximum atomic E-state index is 13.3. The number of hydrogen-bond donors (Lipinski definition) is 4. The lowest BCUT2D eigenvalue weighted by molar-refractivity contribution is 0.101. The zero-order valence-corrected chi connectivity index (χ0v) is 17.1. The highest BCUT2D eigenvalue weighted by Gasteiger charge is 2.21. The van der Waals surface area contributed by atoms with Gasteiger partial charge in [-0.2, -0.15) is 0 Å². The Morgan fingerprint density at radius 2 is 1.52 bits per heavy atom. The third kappa shape index (κ3) is 4.90. The average molecular weight is 452 g/mol. The molecule has 4 N–H and O–H groups in total. The minimum absolute atomic E-state index is 0.0483. The average Bonchev–Trinajstić information content (AvgIpc) is 3.19. The Morgan fingerprint density at radius 1 is 0.879 bits per heavy atom. The van der Waals surface area contributed by atoms with E-state index in [1.807, 2.05) is 0 Å². The van der Waals surface area contributed by atoms with Crippen molar-refractivity contribution in [3.63, 3.8) is 0 Å². The van der Waals surface area contributed by atoms with Crippen LogP contribution in [0, 0.1) is 11.6 Å². The number of benzene rings is 3. The summed E-state index contributed by atoms with van der Waals surface area (Å²) in [4.78, 5) is 38.0. The fourth-order valence-electron chi connectivity index (χ4n) is 3.33. The van der Waals surface area contributed by atoms with Gasteiger partial charge in [-0.05, 0) is 48.5 Å². The molecule has 4 rings (SSSR count). The van der Waals surface area contributed by atoms with E-state index in [9.17, 15) is 28.3 Å². The zero-order valence-electron chi connectivity index (χ0n) is 17.1. The van der Waals surface area contributed by atoms with Gasteiger partial charge in [-0.1, -0.05) is 0 Å². The van der Waals surface area contributed by atoms with Crippen LogP contribution in [0.25, 0.3) is 0 Å². The van der Waals surface area contributed by atoms with Gasteiger partial charge in [0.15, 0.2) is 0 Å². The number of carbonyl (C=O) groups excluding carboxylic acids is 3. The highest BCUT2D eigenvalue weighted by Crippen LogP contribution is 2.25. The van der Waals surface area contributed by atoms with Gasteiger partial charge in [-0.25, -0.2) is 13.6 Å². The van der Waals surface area contributed by atoms with E-state index in [0.717, 1.165) is 18.2 Å². The summed E-state index contributed by atoms with van der Waals surface area (Å²) in [5, 5.41) is 18.0. The highest BCUT2D eigenvalue weighted by atomic mass is 19.1. The summed E-state index contributed by atoms with van der Waals surface area (Å²) in [6.45, 7) is 1.11. The Balaban J connectivity index is 1.42. The van der Waals surface area contributed by atoms with Crippen molar-refractivity contribution in [1.82, 2.24) is 5.32 Å². The standard InChI is InChI=1S/C23H18F2N4O4/c24-14-9-13(10-15(25)11-14)21(31)28-17-3-6-19(20(30)12-17)22(32)27-16-1-4-18(5-2-16)29-8-7-26-23(29)33/h1-6,9-12,30H,7-8H2,(H,26,33)(H,27,32)(H,28,31). The van der Waals surface area contributed by atoms with Crippen molar-refractivity contribution in [3.8, 4) is 5.75 Å². The van der Waals surface area contributed by atoms with Crippen molar-refractivity contribution in [2.24, 2.45) is 0 Å². The molecule has 4 amide bonds. The summed E-state index contributed by atoms with van der Waals surface area (Å²) in [6, 6.07) is 12.7. The molecule has 0 aromatic heterocycles. The summed E-state index contributed by atoms with van der Waals surface area (Å²) in [5.74, 6) is -3.57. The molecule has 1 saturated heterocycles. The fourth-order valence-corrected chi connectivity index (χ4v) is 3.33. The SMILES string of the molecule is O=C(Nc1ccc(C(=O)Nc2ccc(N3CCNC3=O)cc2)c(O)c1)c1cc(F)cc(F)c1. The number of aromatic hydroxyl groups is 1. The maximum absolute atomic E-state index is 13.3. The molecule has 0 bridgehead atoms. The maximum Gasteiger partial charge on any atom is 0.321 e. The van der Waals surface area contributed by atoms with Gasteiger partial charge in [0.05, 0.1) is 5.56 Å². The Labute approximate surface area is 186 Å². The number of phenolic OH excluding ortho intramolecular Hbond substituents is 1. The van der Waals surface area contributed by atoms with Gasteiger partial charge >= 0.3 is 6.03 Å². The first-order chi connectivity index (χ1) is 15.8. The summed E-state index contributed by atoms with van der Waals surface area (Å²) in [5.41, 5.74) is 0.987. The molecule has 0 saturated carbocycles. The van der Waals surface area contributed by atoms with Crippen LogP contribution >= 0.6 is 0 Å². The number of halogens is 2. The van der Waals surface area contributed by atoms with Crippen LogP contribution in [0.3, 0.4) is 0 Å². The molecule has 8 nitrogen and oxygen atoms in total. The number of phenols is 1. The molecule has 3 aromatic carbocycles. The monoisotopic (exact) mass is 452 g/mol. The highest BCUT2D eigenvalue weighted by molar-refractivity contribution is 6.08. The molecule has 3 aromatic rings. The Kier molecular flexibility index (Phi) is 5.90. The minimum atomic E-state index is -0.897. The molecule has 1 heterocycles. The van der Waals surface area contributed by atoms with E-state index in [0.29, 0.717) is 30.5 Å². The van der Waals surface area contributed by atoms with Crippen LogP contribution in [0.2, 0.25) is 0 Å². The summed E-state index contributed by atoms with van der Waals surface area (Å²) < 4.78 is 26.6. The molecule has 1 aliphatic heterocycles. The Bertz CT molecular complexity index is 1230. The first-order valence-corrected chi connectivity index (χ1v) is 9.87. The molecular weight excluding hydrogens is 434 g/mol. The van der Waals surface area contributed by atoms with Gasteiger partial charge in [0, 0.05) is 47.8 Å². The normalized spacial score (nSPS) is 12.9. The second-order valence-corrected chi connectivity index (χ2v) is 7.23. The second-order valence-electron chi connectivity index (χ2n) is 7.23. The molecular formula is C23H18F2N4O4. The number of nitrogens with one attached hydrogen (secondary N) is 3. The largest absolute Gasteiger partial charge is 0.507 e. The van der Waals surface area contributed by atoms with Crippen molar-refractivity contribution < 1.29 is 28.3 Å². The molecule has 1 aliphatic rings. The van der Waals surface area contributed by atoms with Gasteiger partial charge in [0.1, 0.15) is 17.4 Å². The smallest absolute Gasteiger partial charge is 0.321 e. The lowest BCUT2D eigenvalue weighted by atomic mass is 10.1. The Hall–Kier alpha value is -4.47. The van der Waals surface area contributed by atoms with Gasteiger partial charge < -0.3 is 21.1 Å². The lowest BCUT2D eigenvalue weighted by Gasteiger charge is -2.15. The number of anilines is 3. The first-order valence-electron chi connectivity index (χ1n) is 9.87. The number of hydrogen-bond acceptors (Lipinski definition) is 4. The van der Waals surface area contributed by atoms with Crippen LogP contribution in [0.15, 0.2) is 60.7 Å². The van der Waals surface area contributed by atoms with Gasteiger partial charge in [0.2, 0.25) is 0 Å². The molecule has 0 unspecified atom stereocenters. The predicted molar refractivity (Wildman–Crippen MR) is 118 cm³/mol. The van der Waals surface area contributed by atoms with E-state index in [1.165, 1.54) is 12.1 Å². The molecule has 0 aliphatic carbocycles. The van der Waals surface area contributed by atoms with Crippen LogP contribution in [-0.2, 0) is 0 Å². The molecule has 33 heavy (non-hydrogen) atoms. The summed E-state index contributed by atoms with van der Waals surface area (Å²) >= 11 is 0. The molecule has 0 atom stereocenters. The van der Waals surface area contributed by atoms with Crippen LogP contribution < -0.4 is 20.9 Å². The fraction of sp³-hybridized carbons (Fsp3) is 0.0870. The number of carbonyl (C=O) groups is 3. The van der Waals surface area contributed by atoms with Crippen LogP contribution in [-0.4, -0.2) is 36.0 Å². The number of amides is 4. The number of rotatable bonds is 5. The molecule has 0 spiro atoms. The number of nitrogens with zero attached hydrogens (tertiary/aromatic N) is 1. The Morgan fingerprint density at radius 3 is 2.12 bits per heavy atom. The van der Waals surface area contributed by atoms with E-state index in [1.54, 1.807) is 29.2 Å². The molecule has 168 valence electrons. The van der Waals surface area contributed by atoms with Gasteiger partial charge in [-0.15, -0.1) is 0 Å². The van der Waals surface area contributed by atoms with Gasteiger partial charge in [0.25, 0.3) is 11.8 Å². The third-order valence-corrected chi connectivity index (χ3v) is 4.92.